The molecule has 2 aromatic heterocycles. The predicted molar refractivity (Wildman–Crippen MR) is 130 cm³/mol. The minimum absolute atomic E-state index is 0.0895. The number of halogens is 1. The van der Waals surface area contributed by atoms with Gasteiger partial charge in [-0.1, -0.05) is 22.4 Å². The van der Waals surface area contributed by atoms with Crippen LogP contribution in [-0.4, -0.2) is 43.4 Å². The molecule has 3 aromatic rings. The first-order valence-corrected chi connectivity index (χ1v) is 11.8. The average molecular weight is 512 g/mol. The van der Waals surface area contributed by atoms with Gasteiger partial charge < -0.3 is 19.9 Å². The lowest BCUT2D eigenvalue weighted by atomic mass is 9.85. The first-order chi connectivity index (χ1) is 15.9. The number of nitriles is 1. The standard InChI is InChI=1S/C23H26BrN7O2/c1-13(24)21(32)27-17-7-8-19-18(10-17)29-20(31(19)2)14-5-4-6-16(9-14)28-23-26-12-15(11-25)22(30-23)33-3/h7-8,10,12-14,16H,4-6,9H2,1-3H3,(H,27,32)(H,26,28,30)/t13?,14-,16+/m0/s1. The highest BCUT2D eigenvalue weighted by Crippen LogP contribution is 2.35. The highest BCUT2D eigenvalue weighted by Gasteiger charge is 2.27. The van der Waals surface area contributed by atoms with Crippen molar-refractivity contribution in [3.8, 4) is 11.9 Å². The summed E-state index contributed by atoms with van der Waals surface area (Å²) in [4.78, 5) is 25.3. The first kappa shape index (κ1) is 23.0. The van der Waals surface area contributed by atoms with E-state index in [0.717, 1.165) is 48.2 Å². The van der Waals surface area contributed by atoms with Crippen LogP contribution in [0.5, 0.6) is 5.88 Å². The summed E-state index contributed by atoms with van der Waals surface area (Å²) in [6.07, 6.45) is 5.49. The molecule has 1 aliphatic carbocycles. The van der Waals surface area contributed by atoms with Gasteiger partial charge in [0.2, 0.25) is 17.7 Å². The lowest BCUT2D eigenvalue weighted by Gasteiger charge is -2.29. The number of hydrogen-bond acceptors (Lipinski definition) is 7. The molecule has 0 aliphatic heterocycles. The third-order valence-electron chi connectivity index (χ3n) is 5.98. The number of methoxy groups -OCH3 is 1. The molecule has 0 radical (unpaired) electrons. The number of carbonyl (C=O) groups is 1. The van der Waals surface area contributed by atoms with E-state index in [1.54, 1.807) is 6.92 Å². The van der Waals surface area contributed by atoms with E-state index in [0.29, 0.717) is 11.5 Å². The fraction of sp³-hybridized carbons (Fsp3) is 0.435. The summed E-state index contributed by atoms with van der Waals surface area (Å²) in [6, 6.07) is 8.04. The Morgan fingerprint density at radius 1 is 1.36 bits per heavy atom. The molecule has 172 valence electrons. The van der Waals surface area contributed by atoms with Gasteiger partial charge in [-0.25, -0.2) is 9.97 Å². The van der Waals surface area contributed by atoms with Gasteiger partial charge >= 0.3 is 0 Å². The Labute approximate surface area is 200 Å². The second kappa shape index (κ2) is 9.75. The number of aryl methyl sites for hydroxylation is 1. The molecule has 10 heteroatoms. The molecule has 1 fully saturated rings. The molecule has 1 aliphatic rings. The van der Waals surface area contributed by atoms with Crippen LogP contribution >= 0.6 is 15.9 Å². The van der Waals surface area contributed by atoms with Gasteiger partial charge in [0, 0.05) is 24.7 Å². The van der Waals surface area contributed by atoms with Crippen LogP contribution in [0.3, 0.4) is 0 Å². The number of anilines is 2. The number of carbonyl (C=O) groups excluding carboxylic acids is 1. The zero-order valence-electron chi connectivity index (χ0n) is 18.8. The Bertz CT molecular complexity index is 1220. The third-order valence-corrected chi connectivity index (χ3v) is 6.40. The smallest absolute Gasteiger partial charge is 0.237 e. The topological polar surface area (TPSA) is 118 Å². The van der Waals surface area contributed by atoms with Gasteiger partial charge in [-0.15, -0.1) is 0 Å². The molecule has 1 unspecified atom stereocenters. The van der Waals surface area contributed by atoms with E-state index >= 15 is 0 Å². The van der Waals surface area contributed by atoms with Gasteiger partial charge in [0.15, 0.2) is 0 Å². The normalized spacial score (nSPS) is 19.0. The molecule has 1 amide bonds. The van der Waals surface area contributed by atoms with Gasteiger partial charge in [0.1, 0.15) is 17.5 Å². The van der Waals surface area contributed by atoms with Crippen molar-refractivity contribution in [2.45, 2.75) is 49.4 Å². The van der Waals surface area contributed by atoms with E-state index < -0.39 is 0 Å². The van der Waals surface area contributed by atoms with Gasteiger partial charge in [0.25, 0.3) is 0 Å². The number of hydrogen-bond donors (Lipinski definition) is 2. The summed E-state index contributed by atoms with van der Waals surface area (Å²) >= 11 is 3.29. The Morgan fingerprint density at radius 3 is 2.91 bits per heavy atom. The molecular weight excluding hydrogens is 486 g/mol. The second-order valence-electron chi connectivity index (χ2n) is 8.27. The van der Waals surface area contributed by atoms with Crippen LogP contribution in [0.25, 0.3) is 11.0 Å². The van der Waals surface area contributed by atoms with E-state index in [9.17, 15) is 4.79 Å². The first-order valence-electron chi connectivity index (χ1n) is 10.9. The van der Waals surface area contributed by atoms with Crippen LogP contribution in [0, 0.1) is 11.3 Å². The van der Waals surface area contributed by atoms with E-state index in [2.05, 4.69) is 41.1 Å². The number of nitrogens with one attached hydrogen (secondary N) is 2. The van der Waals surface area contributed by atoms with Crippen molar-refractivity contribution >= 4 is 44.5 Å². The summed E-state index contributed by atoms with van der Waals surface area (Å²) in [6.45, 7) is 1.79. The number of ether oxygens (including phenoxy) is 1. The third kappa shape index (κ3) is 4.93. The summed E-state index contributed by atoms with van der Waals surface area (Å²) in [7, 11) is 3.53. The maximum atomic E-state index is 12.0. The van der Waals surface area contributed by atoms with Crippen LogP contribution in [0.2, 0.25) is 0 Å². The number of aromatic nitrogens is 4. The van der Waals surface area contributed by atoms with Gasteiger partial charge in [-0.3, -0.25) is 4.79 Å². The molecule has 1 saturated carbocycles. The fourth-order valence-electron chi connectivity index (χ4n) is 4.31. The molecular formula is C23H26BrN7O2. The van der Waals surface area contributed by atoms with E-state index in [4.69, 9.17) is 15.0 Å². The van der Waals surface area contributed by atoms with Crippen molar-refractivity contribution in [3.05, 3.63) is 35.8 Å². The Morgan fingerprint density at radius 2 is 2.18 bits per heavy atom. The number of imidazole rings is 1. The Kier molecular flexibility index (Phi) is 6.79. The van der Waals surface area contributed by atoms with E-state index in [-0.39, 0.29) is 28.6 Å². The summed E-state index contributed by atoms with van der Waals surface area (Å²) in [5.74, 6) is 1.97. The van der Waals surface area contributed by atoms with Crippen molar-refractivity contribution in [2.75, 3.05) is 17.7 Å². The zero-order valence-corrected chi connectivity index (χ0v) is 20.4. The molecule has 0 spiro atoms. The molecule has 33 heavy (non-hydrogen) atoms. The largest absolute Gasteiger partial charge is 0.480 e. The van der Waals surface area contributed by atoms with Crippen molar-refractivity contribution in [2.24, 2.45) is 7.05 Å². The molecule has 2 heterocycles. The number of fused-ring (bicyclic) bond motifs is 1. The minimum atomic E-state index is -0.265. The van der Waals surface area contributed by atoms with Crippen LogP contribution in [0.1, 0.15) is 49.9 Å². The number of amides is 1. The number of benzene rings is 1. The lowest BCUT2D eigenvalue weighted by molar-refractivity contribution is -0.115. The van der Waals surface area contributed by atoms with Crippen molar-refractivity contribution in [1.82, 2.24) is 19.5 Å². The lowest BCUT2D eigenvalue weighted by Crippen LogP contribution is -2.28. The van der Waals surface area contributed by atoms with Gasteiger partial charge in [-0.05, 0) is 44.4 Å². The average Bonchev–Trinajstić information content (AvgIpc) is 3.14. The maximum Gasteiger partial charge on any atom is 0.237 e. The van der Waals surface area contributed by atoms with Crippen LogP contribution in [0.15, 0.2) is 24.4 Å². The van der Waals surface area contributed by atoms with Crippen molar-refractivity contribution in [1.29, 1.82) is 5.26 Å². The molecule has 2 N–H and O–H groups in total. The summed E-state index contributed by atoms with van der Waals surface area (Å²) in [5, 5.41) is 15.4. The summed E-state index contributed by atoms with van der Waals surface area (Å²) in [5.41, 5.74) is 2.94. The number of rotatable bonds is 6. The van der Waals surface area contributed by atoms with Crippen molar-refractivity contribution in [3.63, 3.8) is 0 Å². The summed E-state index contributed by atoms with van der Waals surface area (Å²) < 4.78 is 7.34. The highest BCUT2D eigenvalue weighted by molar-refractivity contribution is 9.10. The highest BCUT2D eigenvalue weighted by atomic mass is 79.9. The molecule has 9 nitrogen and oxygen atoms in total. The molecule has 4 rings (SSSR count). The predicted octanol–water partition coefficient (Wildman–Crippen LogP) is 4.10. The molecule has 0 bridgehead atoms. The van der Waals surface area contributed by atoms with Crippen LogP contribution in [0.4, 0.5) is 11.6 Å². The van der Waals surface area contributed by atoms with Crippen LogP contribution in [-0.2, 0) is 11.8 Å². The molecule has 0 saturated heterocycles. The maximum absolute atomic E-state index is 12.0. The Hall–Kier alpha value is -3.19. The zero-order chi connectivity index (χ0) is 23.5. The van der Waals surface area contributed by atoms with Gasteiger partial charge in [-0.2, -0.15) is 10.2 Å². The number of nitrogens with zero attached hydrogens (tertiary/aromatic N) is 5. The minimum Gasteiger partial charge on any atom is -0.480 e. The monoisotopic (exact) mass is 511 g/mol. The second-order valence-corrected chi connectivity index (χ2v) is 9.64. The van der Waals surface area contributed by atoms with Gasteiger partial charge in [0.05, 0.1) is 29.2 Å². The van der Waals surface area contributed by atoms with Crippen molar-refractivity contribution < 1.29 is 9.53 Å². The quantitative estimate of drug-likeness (QED) is 0.478. The molecule has 3 atom stereocenters. The molecule has 1 aromatic carbocycles. The Balaban J connectivity index is 1.51. The van der Waals surface area contributed by atoms with Crippen LogP contribution < -0.4 is 15.4 Å². The number of alkyl halides is 1. The SMILES string of the molecule is COc1nc(N[C@@H]2CCC[C@H](c3nc4cc(NC(=O)C(C)Br)ccc4n3C)C2)ncc1C#N. The van der Waals surface area contributed by atoms with E-state index in [1.807, 2.05) is 31.3 Å². The van der Waals surface area contributed by atoms with E-state index in [1.165, 1.54) is 13.3 Å². The fourth-order valence-corrected chi connectivity index (χ4v) is 4.42.